The molecular formula is C17H23ClN2O5S. The van der Waals surface area contributed by atoms with Gasteiger partial charge in [0.2, 0.25) is 0 Å². The van der Waals surface area contributed by atoms with Gasteiger partial charge in [0.1, 0.15) is 0 Å². The Bertz CT molecular complexity index is 796. The van der Waals surface area contributed by atoms with E-state index >= 15 is 0 Å². The maximum absolute atomic E-state index is 12.6. The zero-order valence-corrected chi connectivity index (χ0v) is 16.3. The Morgan fingerprint density at radius 1 is 1.42 bits per heavy atom. The van der Waals surface area contributed by atoms with E-state index < -0.39 is 34.4 Å². The molecule has 1 heterocycles. The van der Waals surface area contributed by atoms with Gasteiger partial charge in [0.05, 0.1) is 27.8 Å². The van der Waals surface area contributed by atoms with Crippen LogP contribution in [0, 0.1) is 0 Å². The summed E-state index contributed by atoms with van der Waals surface area (Å²) in [6.45, 7) is 3.28. The van der Waals surface area contributed by atoms with Crippen LogP contribution in [0.2, 0.25) is 5.02 Å². The Kier molecular flexibility index (Phi) is 6.52. The summed E-state index contributed by atoms with van der Waals surface area (Å²) in [5.41, 5.74) is 5.93. The number of benzene rings is 1. The molecule has 0 aliphatic carbocycles. The summed E-state index contributed by atoms with van der Waals surface area (Å²) in [6.07, 6.45) is 1.06. The Morgan fingerprint density at radius 2 is 2.12 bits per heavy atom. The van der Waals surface area contributed by atoms with Crippen LogP contribution in [0.5, 0.6) is 0 Å². The topological polar surface area (TPSA) is 107 Å². The number of carbonyl (C=O) groups is 2. The molecule has 0 spiro atoms. The van der Waals surface area contributed by atoms with Crippen molar-refractivity contribution in [2.45, 2.75) is 38.8 Å². The van der Waals surface area contributed by atoms with Crippen LogP contribution in [0.3, 0.4) is 0 Å². The maximum Gasteiger partial charge on any atom is 0.340 e. The van der Waals surface area contributed by atoms with Gasteiger partial charge in [-0.25, -0.2) is 13.2 Å². The van der Waals surface area contributed by atoms with Gasteiger partial charge in [0, 0.05) is 12.1 Å². The molecule has 9 heteroatoms. The molecule has 1 aliphatic rings. The van der Waals surface area contributed by atoms with Gasteiger partial charge < -0.3 is 15.4 Å². The molecule has 1 amide bonds. The van der Waals surface area contributed by atoms with Crippen molar-refractivity contribution in [2.24, 2.45) is 0 Å². The van der Waals surface area contributed by atoms with Crippen molar-refractivity contribution in [2.75, 3.05) is 23.8 Å². The summed E-state index contributed by atoms with van der Waals surface area (Å²) >= 11 is 5.88. The van der Waals surface area contributed by atoms with Crippen molar-refractivity contribution in [3.63, 3.8) is 0 Å². The third kappa shape index (κ3) is 4.67. The number of para-hydroxylation sites is 1. The van der Waals surface area contributed by atoms with E-state index in [0.717, 1.165) is 0 Å². The van der Waals surface area contributed by atoms with Crippen LogP contribution in [-0.4, -0.2) is 55.4 Å². The molecule has 1 aliphatic heterocycles. The molecule has 0 saturated carbocycles. The molecule has 1 aromatic rings. The van der Waals surface area contributed by atoms with Gasteiger partial charge >= 0.3 is 5.97 Å². The largest absolute Gasteiger partial charge is 0.452 e. The van der Waals surface area contributed by atoms with Crippen LogP contribution in [0.25, 0.3) is 0 Å². The third-order valence-corrected chi connectivity index (χ3v) is 6.63. The van der Waals surface area contributed by atoms with Gasteiger partial charge in [-0.1, -0.05) is 24.6 Å². The number of ether oxygens (including phenoxy) is 1. The SMILES string of the molecule is CC[C@@H](C)N(C(=O)COC(=O)c1cccc(Cl)c1N)[C@H]1CCS(=O)(=O)C1. The highest BCUT2D eigenvalue weighted by Crippen LogP contribution is 2.24. The fourth-order valence-electron chi connectivity index (χ4n) is 3.00. The van der Waals surface area contributed by atoms with Crippen LogP contribution in [0.4, 0.5) is 5.69 Å². The first kappa shape index (κ1) is 20.5. The van der Waals surface area contributed by atoms with Crippen LogP contribution >= 0.6 is 11.6 Å². The Morgan fingerprint density at radius 3 is 2.69 bits per heavy atom. The molecule has 0 aromatic heterocycles. The molecule has 1 aromatic carbocycles. The van der Waals surface area contributed by atoms with E-state index in [1.165, 1.54) is 11.0 Å². The maximum atomic E-state index is 12.6. The van der Waals surface area contributed by atoms with Crippen LogP contribution < -0.4 is 5.73 Å². The minimum atomic E-state index is -3.13. The minimum Gasteiger partial charge on any atom is -0.452 e. The van der Waals surface area contributed by atoms with E-state index in [4.69, 9.17) is 22.1 Å². The minimum absolute atomic E-state index is 0.0573. The second-order valence-corrected chi connectivity index (χ2v) is 9.03. The van der Waals surface area contributed by atoms with Crippen molar-refractivity contribution >= 4 is 39.0 Å². The molecule has 0 unspecified atom stereocenters. The number of rotatable bonds is 6. The van der Waals surface area contributed by atoms with E-state index in [0.29, 0.717) is 12.8 Å². The lowest BCUT2D eigenvalue weighted by atomic mass is 10.1. The number of nitrogens with zero attached hydrogens (tertiary/aromatic N) is 1. The van der Waals surface area contributed by atoms with Gasteiger partial charge in [-0.3, -0.25) is 4.79 Å². The fraction of sp³-hybridized carbons (Fsp3) is 0.529. The summed E-state index contributed by atoms with van der Waals surface area (Å²) in [7, 11) is -3.13. The van der Waals surface area contributed by atoms with E-state index in [1.807, 2.05) is 13.8 Å². The van der Waals surface area contributed by atoms with E-state index in [1.54, 1.807) is 12.1 Å². The number of nitrogens with two attached hydrogens (primary N) is 1. The second-order valence-electron chi connectivity index (χ2n) is 6.39. The highest BCUT2D eigenvalue weighted by Gasteiger charge is 2.36. The number of nitrogen functional groups attached to an aromatic ring is 1. The quantitative estimate of drug-likeness (QED) is 0.575. The van der Waals surface area contributed by atoms with E-state index in [-0.39, 0.29) is 33.8 Å². The highest BCUT2D eigenvalue weighted by atomic mass is 35.5. The van der Waals surface area contributed by atoms with Crippen molar-refractivity contribution in [1.29, 1.82) is 0 Å². The summed E-state index contributed by atoms with van der Waals surface area (Å²) in [4.78, 5) is 26.3. The zero-order valence-electron chi connectivity index (χ0n) is 14.8. The lowest BCUT2D eigenvalue weighted by Gasteiger charge is -2.33. The first-order chi connectivity index (χ1) is 12.2. The number of amides is 1. The van der Waals surface area contributed by atoms with Crippen LogP contribution in [0.1, 0.15) is 37.0 Å². The predicted octanol–water partition coefficient (Wildman–Crippen LogP) is 1.89. The first-order valence-corrected chi connectivity index (χ1v) is 10.6. The van der Waals surface area contributed by atoms with Crippen molar-refractivity contribution in [3.8, 4) is 0 Å². The van der Waals surface area contributed by atoms with E-state index in [2.05, 4.69) is 0 Å². The average molecular weight is 403 g/mol. The fourth-order valence-corrected chi connectivity index (χ4v) is 4.88. The average Bonchev–Trinajstić information content (AvgIpc) is 2.94. The molecule has 2 atom stereocenters. The van der Waals surface area contributed by atoms with Gasteiger partial charge in [-0.2, -0.15) is 0 Å². The number of hydrogen-bond donors (Lipinski definition) is 1. The zero-order chi connectivity index (χ0) is 19.5. The van der Waals surface area contributed by atoms with Crippen molar-refractivity contribution in [3.05, 3.63) is 28.8 Å². The standard InChI is InChI=1S/C17H23ClN2O5S/c1-3-11(2)20(12-7-8-26(23,24)10-12)15(21)9-25-17(22)13-5-4-6-14(18)16(13)19/h4-6,11-12H,3,7-10,19H2,1-2H3/t11-,12+/m1/s1. The molecule has 26 heavy (non-hydrogen) atoms. The van der Waals surface area contributed by atoms with Crippen molar-refractivity contribution in [1.82, 2.24) is 4.90 Å². The van der Waals surface area contributed by atoms with E-state index in [9.17, 15) is 18.0 Å². The normalized spacial score (nSPS) is 19.7. The van der Waals surface area contributed by atoms with Gasteiger partial charge in [-0.05, 0) is 31.9 Å². The molecule has 1 fully saturated rings. The van der Waals surface area contributed by atoms with Gasteiger partial charge in [0.25, 0.3) is 5.91 Å². The summed E-state index contributed by atoms with van der Waals surface area (Å²) in [5, 5.41) is 0.225. The van der Waals surface area contributed by atoms with Crippen molar-refractivity contribution < 1.29 is 22.7 Å². The lowest BCUT2D eigenvalue weighted by Crippen LogP contribution is -2.48. The molecule has 7 nitrogen and oxygen atoms in total. The van der Waals surface area contributed by atoms with Gasteiger partial charge in [-0.15, -0.1) is 0 Å². The molecule has 2 rings (SSSR count). The monoisotopic (exact) mass is 402 g/mol. The van der Waals surface area contributed by atoms with Crippen LogP contribution in [-0.2, 0) is 19.4 Å². The number of hydrogen-bond acceptors (Lipinski definition) is 6. The molecular weight excluding hydrogens is 380 g/mol. The molecule has 0 radical (unpaired) electrons. The number of esters is 1. The third-order valence-electron chi connectivity index (χ3n) is 4.56. The van der Waals surface area contributed by atoms with Crippen LogP contribution in [0.15, 0.2) is 18.2 Å². The second kappa shape index (κ2) is 8.26. The molecule has 144 valence electrons. The Hall–Kier alpha value is -1.80. The number of anilines is 1. The smallest absolute Gasteiger partial charge is 0.340 e. The molecule has 2 N–H and O–H groups in total. The first-order valence-electron chi connectivity index (χ1n) is 8.39. The Balaban J connectivity index is 2.07. The number of halogens is 1. The number of sulfone groups is 1. The summed E-state index contributed by atoms with van der Waals surface area (Å²) < 4.78 is 28.6. The number of carbonyl (C=O) groups excluding carboxylic acids is 2. The summed E-state index contributed by atoms with van der Waals surface area (Å²) in [6, 6.07) is 4.02. The highest BCUT2D eigenvalue weighted by molar-refractivity contribution is 7.91. The predicted molar refractivity (Wildman–Crippen MR) is 99.8 cm³/mol. The Labute approximate surface area is 158 Å². The molecule has 0 bridgehead atoms. The lowest BCUT2D eigenvalue weighted by molar-refractivity contribution is -0.138. The molecule has 1 saturated heterocycles. The van der Waals surface area contributed by atoms with Gasteiger partial charge in [0.15, 0.2) is 16.4 Å². The summed E-state index contributed by atoms with van der Waals surface area (Å²) in [5.74, 6) is -1.16.